The largest absolute Gasteiger partial charge is 0.368 e. The maximum absolute atomic E-state index is 13.7. The van der Waals surface area contributed by atoms with Gasteiger partial charge in [0.05, 0.1) is 11.0 Å². The highest BCUT2D eigenvalue weighted by atomic mass is 32.1. The lowest BCUT2D eigenvalue weighted by Gasteiger charge is -2.13. The van der Waals surface area contributed by atoms with Crippen molar-refractivity contribution < 1.29 is 13.7 Å². The smallest absolute Gasteiger partial charge is 0.295 e. The van der Waals surface area contributed by atoms with Crippen LogP contribution in [0.1, 0.15) is 22.9 Å². The Hall–Kier alpha value is -2.09. The molecule has 0 saturated heterocycles. The Morgan fingerprint density at radius 1 is 1.45 bits per heavy atom. The van der Waals surface area contributed by atoms with Crippen LogP contribution in [-0.4, -0.2) is 9.91 Å². The first kappa shape index (κ1) is 14.3. The number of nitrogens with zero attached hydrogens (tertiary/aromatic N) is 2. The highest BCUT2D eigenvalue weighted by Gasteiger charge is 2.23. The minimum Gasteiger partial charge on any atom is -0.368 e. The van der Waals surface area contributed by atoms with Crippen LogP contribution < -0.4 is 5.32 Å². The van der Waals surface area contributed by atoms with E-state index < -0.39 is 34.0 Å². The Bertz CT molecular complexity index is 660. The number of hydrogen-bond donors (Lipinski definition) is 1. The Morgan fingerprint density at radius 2 is 2.15 bits per heavy atom. The summed E-state index contributed by atoms with van der Waals surface area (Å²) in [5.74, 6) is -2.40. The van der Waals surface area contributed by atoms with Gasteiger partial charge in [0.1, 0.15) is 5.01 Å². The Kier molecular flexibility index (Phi) is 3.93. The maximum Gasteiger partial charge on any atom is 0.295 e. The molecule has 0 spiro atoms. The van der Waals surface area contributed by atoms with Crippen molar-refractivity contribution in [3.63, 3.8) is 0 Å². The van der Waals surface area contributed by atoms with E-state index in [1.165, 1.54) is 11.3 Å². The second kappa shape index (κ2) is 5.49. The van der Waals surface area contributed by atoms with Crippen molar-refractivity contribution in [1.82, 2.24) is 4.98 Å². The van der Waals surface area contributed by atoms with E-state index in [1.54, 1.807) is 13.1 Å². The molecule has 0 aliphatic carbocycles. The van der Waals surface area contributed by atoms with Crippen LogP contribution in [0.25, 0.3) is 0 Å². The summed E-state index contributed by atoms with van der Waals surface area (Å²) < 4.78 is 27.0. The summed E-state index contributed by atoms with van der Waals surface area (Å²) in [4.78, 5) is 15.2. The fourth-order valence-electron chi connectivity index (χ4n) is 1.68. The molecule has 1 N–H and O–H groups in total. The van der Waals surface area contributed by atoms with Gasteiger partial charge in [-0.3, -0.25) is 10.1 Å². The van der Waals surface area contributed by atoms with Gasteiger partial charge >= 0.3 is 0 Å². The molecule has 0 aliphatic heterocycles. The lowest BCUT2D eigenvalue weighted by molar-refractivity contribution is -0.384. The van der Waals surface area contributed by atoms with Crippen LogP contribution in [0.3, 0.4) is 0 Å². The zero-order valence-corrected chi connectivity index (χ0v) is 11.5. The number of anilines is 1. The molecule has 5 nitrogen and oxygen atoms in total. The number of nitro groups is 1. The number of halogens is 2. The molecule has 1 aromatic carbocycles. The van der Waals surface area contributed by atoms with E-state index in [2.05, 4.69) is 10.3 Å². The zero-order chi connectivity index (χ0) is 14.9. The Morgan fingerprint density at radius 3 is 2.70 bits per heavy atom. The van der Waals surface area contributed by atoms with Gasteiger partial charge in [-0.15, -0.1) is 11.3 Å². The van der Waals surface area contributed by atoms with E-state index in [9.17, 15) is 18.9 Å². The number of nitro benzene ring substituents is 1. The van der Waals surface area contributed by atoms with Crippen molar-refractivity contribution in [3.8, 4) is 0 Å². The van der Waals surface area contributed by atoms with E-state index in [0.717, 1.165) is 17.0 Å². The highest BCUT2D eigenvalue weighted by Crippen LogP contribution is 2.32. The predicted molar refractivity (Wildman–Crippen MR) is 71.9 cm³/mol. The minimum absolute atomic E-state index is 0.463. The number of thiazole rings is 1. The van der Waals surface area contributed by atoms with Crippen molar-refractivity contribution >= 4 is 22.7 Å². The quantitative estimate of drug-likeness (QED) is 0.688. The van der Waals surface area contributed by atoms with Crippen LogP contribution in [0.4, 0.5) is 20.2 Å². The Balaban J connectivity index is 2.37. The molecule has 0 radical (unpaired) electrons. The topological polar surface area (TPSA) is 68.1 Å². The third-order valence-corrected chi connectivity index (χ3v) is 3.74. The summed E-state index contributed by atoms with van der Waals surface area (Å²) in [5.41, 5.74) is -0.973. The second-order valence-corrected chi connectivity index (χ2v) is 5.45. The first-order chi connectivity index (χ1) is 9.40. The lowest BCUT2D eigenvalue weighted by atomic mass is 10.2. The molecule has 1 unspecified atom stereocenters. The predicted octanol–water partition coefficient (Wildman–Crippen LogP) is 3.81. The van der Waals surface area contributed by atoms with Crippen LogP contribution in [0.2, 0.25) is 0 Å². The van der Waals surface area contributed by atoms with Gasteiger partial charge in [-0.2, -0.15) is 0 Å². The Labute approximate surface area is 117 Å². The maximum atomic E-state index is 13.7. The first-order valence-electron chi connectivity index (χ1n) is 5.71. The van der Waals surface area contributed by atoms with Gasteiger partial charge in [0.15, 0.2) is 17.3 Å². The lowest BCUT2D eigenvalue weighted by Crippen LogP contribution is -2.10. The molecule has 1 atom stereocenters. The molecule has 8 heteroatoms. The number of hydrogen-bond acceptors (Lipinski definition) is 5. The van der Waals surface area contributed by atoms with Crippen LogP contribution >= 0.6 is 11.3 Å². The van der Waals surface area contributed by atoms with Crippen molar-refractivity contribution in [2.75, 3.05) is 5.32 Å². The molecule has 106 valence electrons. The molecule has 2 rings (SSSR count). The van der Waals surface area contributed by atoms with Gasteiger partial charge in [0.2, 0.25) is 0 Å². The van der Waals surface area contributed by atoms with Gasteiger partial charge < -0.3 is 5.32 Å². The molecular formula is C12H11F2N3O2S. The SMILES string of the molecule is Cc1cnc(C(C)Nc2c([N+](=O)[O-])ccc(F)c2F)s1. The van der Waals surface area contributed by atoms with E-state index >= 15 is 0 Å². The van der Waals surface area contributed by atoms with Crippen LogP contribution in [0, 0.1) is 28.7 Å². The second-order valence-electron chi connectivity index (χ2n) is 4.19. The fraction of sp³-hybridized carbons (Fsp3) is 0.250. The third-order valence-electron chi connectivity index (χ3n) is 2.64. The highest BCUT2D eigenvalue weighted by molar-refractivity contribution is 7.11. The summed E-state index contributed by atoms with van der Waals surface area (Å²) in [6.45, 7) is 3.53. The standard InChI is InChI=1S/C12H11F2N3O2S/c1-6-5-15-12(20-6)7(2)16-11-9(17(18)19)4-3-8(13)10(11)14/h3-5,7,16H,1-2H3. The van der Waals surface area contributed by atoms with E-state index in [4.69, 9.17) is 0 Å². The average molecular weight is 299 g/mol. The van der Waals surface area contributed by atoms with Crippen molar-refractivity contribution in [2.24, 2.45) is 0 Å². The summed E-state index contributed by atoms with van der Waals surface area (Å²) >= 11 is 1.38. The number of nitrogens with one attached hydrogen (secondary N) is 1. The number of rotatable bonds is 4. The molecular weight excluding hydrogens is 288 g/mol. The van der Waals surface area contributed by atoms with Crippen LogP contribution in [0.5, 0.6) is 0 Å². The van der Waals surface area contributed by atoms with E-state index in [-0.39, 0.29) is 0 Å². The fourth-order valence-corrected chi connectivity index (χ4v) is 2.46. The summed E-state index contributed by atoms with van der Waals surface area (Å²) in [7, 11) is 0. The molecule has 0 aliphatic rings. The first-order valence-corrected chi connectivity index (χ1v) is 6.53. The van der Waals surface area contributed by atoms with E-state index in [1.807, 2.05) is 6.92 Å². The third kappa shape index (κ3) is 2.74. The van der Waals surface area contributed by atoms with Crippen molar-refractivity contribution in [3.05, 3.63) is 50.0 Å². The molecule has 0 amide bonds. The zero-order valence-electron chi connectivity index (χ0n) is 10.7. The number of benzene rings is 1. The molecule has 0 fully saturated rings. The summed E-state index contributed by atoms with van der Waals surface area (Å²) in [5, 5.41) is 14.1. The van der Waals surface area contributed by atoms with Gasteiger partial charge in [-0.05, 0) is 19.9 Å². The van der Waals surface area contributed by atoms with Gasteiger partial charge in [0.25, 0.3) is 5.69 Å². The number of aromatic nitrogens is 1. The van der Waals surface area contributed by atoms with E-state index in [0.29, 0.717) is 5.01 Å². The summed E-state index contributed by atoms with van der Waals surface area (Å²) in [6, 6.07) is 1.20. The summed E-state index contributed by atoms with van der Waals surface area (Å²) in [6.07, 6.45) is 1.65. The van der Waals surface area contributed by atoms with Gasteiger partial charge in [-0.25, -0.2) is 13.8 Å². The monoisotopic (exact) mass is 299 g/mol. The van der Waals surface area contributed by atoms with Crippen LogP contribution in [0.15, 0.2) is 18.3 Å². The molecule has 1 aromatic heterocycles. The molecule has 2 aromatic rings. The van der Waals surface area contributed by atoms with Crippen molar-refractivity contribution in [1.29, 1.82) is 0 Å². The van der Waals surface area contributed by atoms with Gasteiger partial charge in [-0.1, -0.05) is 0 Å². The van der Waals surface area contributed by atoms with Gasteiger partial charge in [0, 0.05) is 17.1 Å². The molecule has 20 heavy (non-hydrogen) atoms. The number of aryl methyl sites for hydroxylation is 1. The van der Waals surface area contributed by atoms with Crippen molar-refractivity contribution in [2.45, 2.75) is 19.9 Å². The molecule has 0 bridgehead atoms. The van der Waals surface area contributed by atoms with Crippen LogP contribution in [-0.2, 0) is 0 Å². The minimum atomic E-state index is -1.26. The molecule has 1 heterocycles. The average Bonchev–Trinajstić information content (AvgIpc) is 2.81. The molecule has 0 saturated carbocycles. The normalized spacial score (nSPS) is 12.2.